The number of H-pyrrole nitrogens is 2. The van der Waals surface area contributed by atoms with Gasteiger partial charge in [0.05, 0.1) is 47.7 Å². The Hall–Kier alpha value is -5.70. The number of hydrogen-bond donors (Lipinski definition) is 2. The Balaban J connectivity index is 1.11. The van der Waals surface area contributed by atoms with Crippen molar-refractivity contribution < 1.29 is 0 Å². The quantitative estimate of drug-likeness (QED) is 0.0324. The van der Waals surface area contributed by atoms with Crippen LogP contribution in [0.2, 0.25) is 0 Å². The highest BCUT2D eigenvalue weighted by molar-refractivity contribution is 6.05. The van der Waals surface area contributed by atoms with Gasteiger partial charge in [-0.05, 0) is 161 Å². The molecule has 0 aliphatic rings. The fourth-order valence-electron chi connectivity index (χ4n) is 11.9. The van der Waals surface area contributed by atoms with E-state index in [4.69, 9.17) is 0 Å². The van der Waals surface area contributed by atoms with Gasteiger partial charge in [-0.3, -0.25) is 38.1 Å². The van der Waals surface area contributed by atoms with Crippen LogP contribution in [0.25, 0.3) is 21.5 Å². The number of fused-ring (bicyclic) bond motifs is 2. The molecule has 0 aliphatic carbocycles. The van der Waals surface area contributed by atoms with E-state index in [1.807, 2.05) is 0 Å². The molecule has 5 aromatic carbocycles. The van der Waals surface area contributed by atoms with Crippen LogP contribution in [0.5, 0.6) is 0 Å². The van der Waals surface area contributed by atoms with Crippen molar-refractivity contribution in [2.75, 3.05) is 26.2 Å². The second kappa shape index (κ2) is 26.8. The van der Waals surface area contributed by atoms with Gasteiger partial charge in [0.2, 0.25) is 0 Å². The number of rotatable bonds is 32. The molecular weight excluding hydrogens is 889 g/mol. The molecule has 8 heteroatoms. The van der Waals surface area contributed by atoms with E-state index < -0.39 is 22.2 Å². The van der Waals surface area contributed by atoms with Crippen LogP contribution < -0.4 is 31.2 Å². The first-order valence-corrected chi connectivity index (χ1v) is 28.2. The molecule has 2 heterocycles. The SMILES string of the molecule is CCCCCC[N+](CCCCCC)(c1ccccc1)c1ccc(CCCc2c3c(=O)[nH]c(=O)c3c(CCCc3ccc([N+](CCCCCC)(CCCCCC)c4ccccc4)cc3)c3c(=O)[nH]c(=O)c23)cc1. The van der Waals surface area contributed by atoms with Gasteiger partial charge in [-0.15, -0.1) is 0 Å². The van der Waals surface area contributed by atoms with Crippen molar-refractivity contribution in [3.63, 3.8) is 0 Å². The minimum atomic E-state index is -0.488. The summed E-state index contributed by atoms with van der Waals surface area (Å²) in [5.74, 6) is 0. The predicted octanol–water partition coefficient (Wildman–Crippen LogP) is 14.9. The highest BCUT2D eigenvalue weighted by atomic mass is 16.2. The molecule has 0 saturated heterocycles. The van der Waals surface area contributed by atoms with E-state index in [0.717, 1.165) is 48.0 Å². The lowest BCUT2D eigenvalue weighted by Gasteiger charge is -2.38. The zero-order valence-corrected chi connectivity index (χ0v) is 44.3. The maximum absolute atomic E-state index is 13.7. The molecule has 0 bridgehead atoms. The van der Waals surface area contributed by atoms with Gasteiger partial charge in [0, 0.05) is 0 Å². The first-order valence-electron chi connectivity index (χ1n) is 28.2. The van der Waals surface area contributed by atoms with Crippen LogP contribution in [0.3, 0.4) is 0 Å². The first-order chi connectivity index (χ1) is 35.2. The molecular formula is C64H84N4O4+2. The molecule has 382 valence electrons. The monoisotopic (exact) mass is 973 g/mol. The number of quaternary nitrogens is 2. The molecule has 72 heavy (non-hydrogen) atoms. The zero-order valence-electron chi connectivity index (χ0n) is 44.3. The van der Waals surface area contributed by atoms with Gasteiger partial charge in [0.25, 0.3) is 22.2 Å². The van der Waals surface area contributed by atoms with E-state index in [-0.39, 0.29) is 21.5 Å². The third-order valence-corrected chi connectivity index (χ3v) is 15.8. The number of aromatic nitrogens is 2. The Morgan fingerprint density at radius 3 is 0.861 bits per heavy atom. The molecule has 0 unspecified atom stereocenters. The summed E-state index contributed by atoms with van der Waals surface area (Å²) in [5, 5.41) is 1.06. The lowest BCUT2D eigenvalue weighted by molar-refractivity contribution is 0.356. The average Bonchev–Trinajstić information content (AvgIpc) is 3.88. The lowest BCUT2D eigenvalue weighted by atomic mass is 9.90. The Labute approximate surface area is 429 Å². The number of hydrogen-bond acceptors (Lipinski definition) is 4. The lowest BCUT2D eigenvalue weighted by Crippen LogP contribution is -2.46. The van der Waals surface area contributed by atoms with Gasteiger partial charge in [-0.1, -0.05) is 140 Å². The Kier molecular flexibility index (Phi) is 20.2. The zero-order chi connectivity index (χ0) is 50.8. The Bertz CT molecular complexity index is 2640. The fraction of sp³-hybridized carbons (Fsp3) is 0.469. The maximum Gasteiger partial charge on any atom is 0.259 e. The number of nitrogens with zero attached hydrogens (tertiary/aromatic N) is 2. The van der Waals surface area contributed by atoms with Crippen molar-refractivity contribution in [3.05, 3.63) is 173 Å². The predicted molar refractivity (Wildman–Crippen MR) is 306 cm³/mol. The van der Waals surface area contributed by atoms with E-state index in [2.05, 4.69) is 147 Å². The molecule has 2 aromatic heterocycles. The van der Waals surface area contributed by atoms with Gasteiger partial charge in [0.15, 0.2) is 0 Å². The van der Waals surface area contributed by atoms with E-state index in [1.54, 1.807) is 0 Å². The summed E-state index contributed by atoms with van der Waals surface area (Å²) in [7, 11) is 0. The van der Waals surface area contributed by atoms with Crippen LogP contribution in [-0.4, -0.2) is 36.1 Å². The van der Waals surface area contributed by atoms with Crippen molar-refractivity contribution in [2.45, 2.75) is 169 Å². The largest absolute Gasteiger partial charge is 0.288 e. The number of aromatic amines is 2. The molecule has 0 aliphatic heterocycles. The van der Waals surface area contributed by atoms with Crippen LogP contribution >= 0.6 is 0 Å². The van der Waals surface area contributed by atoms with Gasteiger partial charge < -0.3 is 0 Å². The van der Waals surface area contributed by atoms with E-state index in [9.17, 15) is 19.2 Å². The topological polar surface area (TPSA) is 99.9 Å². The Morgan fingerprint density at radius 1 is 0.306 bits per heavy atom. The van der Waals surface area contributed by atoms with Crippen LogP contribution in [0.1, 0.15) is 166 Å². The molecule has 0 amide bonds. The standard InChI is InChI=1S/C64H82N4O4/c1-5-9-13-23-45-67(46-24-14-10-6-2,51-31-19-17-20-32-51)53-41-37-49(38-42-53)29-27-35-55-57-59(63(71)65-61(57)69)56(60-58(55)62(70)66-64(60)72)36-28-30-50-39-43-54(44-40-50)68(47-25-15-11-7-3,48-26-16-12-8-4)52-33-21-18-22-34-52/h17-22,31-34,37-44H,5-16,23-30,35-36,45-48H2,1-4H3/p+2. The molecule has 0 radical (unpaired) electrons. The van der Waals surface area contributed by atoms with Gasteiger partial charge in [-0.25, -0.2) is 0 Å². The normalized spacial score (nSPS) is 12.2. The number of unbranched alkanes of at least 4 members (excludes halogenated alkanes) is 12. The number of para-hydroxylation sites is 2. The van der Waals surface area contributed by atoms with Crippen molar-refractivity contribution in [1.82, 2.24) is 18.9 Å². The second-order valence-electron chi connectivity index (χ2n) is 20.8. The second-order valence-corrected chi connectivity index (χ2v) is 20.8. The van der Waals surface area contributed by atoms with Gasteiger partial charge >= 0.3 is 0 Å². The molecule has 0 spiro atoms. The van der Waals surface area contributed by atoms with Crippen molar-refractivity contribution in [1.29, 1.82) is 0 Å². The molecule has 8 nitrogen and oxygen atoms in total. The van der Waals surface area contributed by atoms with Crippen molar-refractivity contribution >= 4 is 44.3 Å². The van der Waals surface area contributed by atoms with E-state index in [0.29, 0.717) is 36.8 Å². The van der Waals surface area contributed by atoms with Gasteiger partial charge in [-0.2, -0.15) is 0 Å². The summed E-state index contributed by atoms with van der Waals surface area (Å²) in [6.45, 7) is 13.3. The highest BCUT2D eigenvalue weighted by Crippen LogP contribution is 2.39. The molecule has 7 aromatic rings. The highest BCUT2D eigenvalue weighted by Gasteiger charge is 2.34. The van der Waals surface area contributed by atoms with Crippen LogP contribution in [-0.2, 0) is 25.7 Å². The van der Waals surface area contributed by atoms with Crippen molar-refractivity contribution in [3.8, 4) is 0 Å². The first kappa shape index (κ1) is 54.1. The van der Waals surface area contributed by atoms with Crippen LogP contribution in [0.15, 0.2) is 128 Å². The number of aryl methyl sites for hydroxylation is 4. The number of benzene rings is 5. The van der Waals surface area contributed by atoms with Crippen LogP contribution in [0, 0.1) is 0 Å². The van der Waals surface area contributed by atoms with E-state index in [1.165, 1.54) is 137 Å². The molecule has 0 fully saturated rings. The Morgan fingerprint density at radius 2 is 0.583 bits per heavy atom. The molecule has 0 atom stereocenters. The van der Waals surface area contributed by atoms with E-state index >= 15 is 0 Å². The fourth-order valence-corrected chi connectivity index (χ4v) is 11.9. The minimum absolute atomic E-state index is 0.266. The minimum Gasteiger partial charge on any atom is -0.288 e. The summed E-state index contributed by atoms with van der Waals surface area (Å²) in [6, 6.07) is 40.2. The van der Waals surface area contributed by atoms with Gasteiger partial charge in [0.1, 0.15) is 22.7 Å². The summed E-state index contributed by atoms with van der Waals surface area (Å²) in [5.41, 5.74) is 6.68. The van der Waals surface area contributed by atoms with Crippen LogP contribution in [0.4, 0.5) is 22.7 Å². The third-order valence-electron chi connectivity index (χ3n) is 15.8. The summed E-state index contributed by atoms with van der Waals surface area (Å²) in [6.07, 6.45) is 22.9. The summed E-state index contributed by atoms with van der Waals surface area (Å²) >= 11 is 0. The number of nitrogens with one attached hydrogen (secondary N) is 2. The third kappa shape index (κ3) is 12.7. The molecule has 7 rings (SSSR count). The maximum atomic E-state index is 13.7. The summed E-state index contributed by atoms with van der Waals surface area (Å²) in [4.78, 5) is 59.9. The smallest absolute Gasteiger partial charge is 0.259 e. The average molecular weight is 973 g/mol. The summed E-state index contributed by atoms with van der Waals surface area (Å²) < 4.78 is 1.68. The molecule has 2 N–H and O–H groups in total. The van der Waals surface area contributed by atoms with Crippen molar-refractivity contribution in [2.24, 2.45) is 0 Å². The molecule has 0 saturated carbocycles.